The molecule has 0 bridgehead atoms. The summed E-state index contributed by atoms with van der Waals surface area (Å²) in [7, 11) is 1.55. The summed E-state index contributed by atoms with van der Waals surface area (Å²) >= 11 is 0. The lowest BCUT2D eigenvalue weighted by Crippen LogP contribution is -2.58. The van der Waals surface area contributed by atoms with Crippen molar-refractivity contribution in [1.82, 2.24) is 40.5 Å². The molecule has 4 heterocycles. The van der Waals surface area contributed by atoms with E-state index in [1.807, 2.05) is 16.8 Å². The first-order valence-electron chi connectivity index (χ1n) is 11.2. The zero-order valence-corrected chi connectivity index (χ0v) is 19.9. The molecule has 0 radical (unpaired) electrons. The molecule has 0 saturated carbocycles. The van der Waals surface area contributed by atoms with Crippen molar-refractivity contribution in [3.8, 4) is 34.1 Å². The second-order valence-electron chi connectivity index (χ2n) is 10.1. The lowest BCUT2D eigenvalue weighted by Gasteiger charge is -2.46. The van der Waals surface area contributed by atoms with Gasteiger partial charge in [-0.15, -0.1) is 15.3 Å². The fourth-order valence-electron chi connectivity index (χ4n) is 5.09. The molecule has 1 fully saturated rings. The Morgan fingerprint density at radius 3 is 2.44 bits per heavy atom. The molecule has 4 aromatic rings. The van der Waals surface area contributed by atoms with Crippen LogP contribution in [0.4, 0.5) is 0 Å². The molecule has 0 amide bonds. The number of fused-ring (bicyclic) bond motifs is 1. The van der Waals surface area contributed by atoms with Crippen molar-refractivity contribution in [1.29, 1.82) is 0 Å². The Bertz CT molecular complexity index is 1350. The summed E-state index contributed by atoms with van der Waals surface area (Å²) in [6.07, 6.45) is 3.25. The van der Waals surface area contributed by atoms with E-state index in [4.69, 9.17) is 4.74 Å². The Hall–Kier alpha value is -3.66. The molecule has 0 aliphatic carbocycles. The number of nitrogens with zero attached hydrogens (tertiary/aromatic N) is 7. The van der Waals surface area contributed by atoms with Gasteiger partial charge in [0, 0.05) is 28.3 Å². The second-order valence-corrected chi connectivity index (χ2v) is 10.1. The molecule has 3 aromatic heterocycles. The summed E-state index contributed by atoms with van der Waals surface area (Å²) in [4.78, 5) is 8.27. The lowest BCUT2D eigenvalue weighted by atomic mass is 9.80. The Kier molecular flexibility index (Phi) is 5.20. The SMILES string of the molecule is COc1cc(-c2ccc(-c3cc4nnn(C5CC(C)(C)NC(C)(C)C5)c4nn3)c(O)c2)ncn1. The molecule has 1 aliphatic heterocycles. The highest BCUT2D eigenvalue weighted by Crippen LogP contribution is 2.37. The predicted molar refractivity (Wildman–Crippen MR) is 127 cm³/mol. The summed E-state index contributed by atoms with van der Waals surface area (Å²) in [5.74, 6) is 0.520. The Morgan fingerprint density at radius 2 is 1.74 bits per heavy atom. The van der Waals surface area contributed by atoms with E-state index < -0.39 is 0 Å². The van der Waals surface area contributed by atoms with E-state index in [1.54, 1.807) is 25.3 Å². The van der Waals surface area contributed by atoms with Crippen LogP contribution < -0.4 is 10.1 Å². The number of hydrogen-bond donors (Lipinski definition) is 2. The number of hydrogen-bond acceptors (Lipinski definition) is 9. The quantitative estimate of drug-likeness (QED) is 0.470. The van der Waals surface area contributed by atoms with Crippen molar-refractivity contribution in [2.24, 2.45) is 0 Å². The van der Waals surface area contributed by atoms with Crippen LogP contribution in [0.5, 0.6) is 11.6 Å². The minimum Gasteiger partial charge on any atom is -0.507 e. The van der Waals surface area contributed by atoms with Crippen LogP contribution in [0, 0.1) is 0 Å². The van der Waals surface area contributed by atoms with Crippen molar-refractivity contribution < 1.29 is 9.84 Å². The third-order valence-electron chi connectivity index (χ3n) is 6.16. The van der Waals surface area contributed by atoms with E-state index in [9.17, 15) is 5.11 Å². The Labute approximate surface area is 197 Å². The largest absolute Gasteiger partial charge is 0.507 e. The van der Waals surface area contributed by atoms with Gasteiger partial charge in [0.25, 0.3) is 0 Å². The van der Waals surface area contributed by atoms with Gasteiger partial charge < -0.3 is 15.2 Å². The van der Waals surface area contributed by atoms with Gasteiger partial charge in [-0.1, -0.05) is 11.3 Å². The molecule has 34 heavy (non-hydrogen) atoms. The number of nitrogens with one attached hydrogen (secondary N) is 1. The number of piperidine rings is 1. The highest BCUT2D eigenvalue weighted by Gasteiger charge is 2.39. The van der Waals surface area contributed by atoms with E-state index in [1.165, 1.54) is 6.33 Å². The maximum absolute atomic E-state index is 10.7. The van der Waals surface area contributed by atoms with Crippen LogP contribution in [0.3, 0.4) is 0 Å². The predicted octanol–water partition coefficient (Wildman–Crippen LogP) is 3.54. The molecule has 1 aromatic carbocycles. The highest BCUT2D eigenvalue weighted by atomic mass is 16.5. The summed E-state index contributed by atoms with van der Waals surface area (Å²) in [5.41, 5.74) is 3.69. The number of phenolic OH excluding ortho intramolecular Hbond substituents is 1. The van der Waals surface area contributed by atoms with Gasteiger partial charge in [-0.2, -0.15) is 0 Å². The first-order chi connectivity index (χ1) is 16.1. The zero-order valence-electron chi connectivity index (χ0n) is 19.9. The molecule has 0 unspecified atom stereocenters. The lowest BCUT2D eigenvalue weighted by molar-refractivity contribution is 0.127. The van der Waals surface area contributed by atoms with Gasteiger partial charge >= 0.3 is 0 Å². The van der Waals surface area contributed by atoms with Crippen LogP contribution in [0.25, 0.3) is 33.7 Å². The van der Waals surface area contributed by atoms with Gasteiger partial charge in [-0.3, -0.25) is 0 Å². The summed E-state index contributed by atoms with van der Waals surface area (Å²) < 4.78 is 7.05. The van der Waals surface area contributed by atoms with E-state index >= 15 is 0 Å². The molecule has 0 spiro atoms. The van der Waals surface area contributed by atoms with Gasteiger partial charge in [0.05, 0.1) is 24.5 Å². The van der Waals surface area contributed by atoms with Crippen LogP contribution >= 0.6 is 0 Å². The molecule has 5 rings (SSSR count). The topological polar surface area (TPSA) is 124 Å². The minimum atomic E-state index is -0.0285. The summed E-state index contributed by atoms with van der Waals surface area (Å²) in [6.45, 7) is 8.81. The number of rotatable bonds is 4. The molecule has 10 heteroatoms. The Balaban J connectivity index is 1.47. The van der Waals surface area contributed by atoms with Gasteiger partial charge in [0.2, 0.25) is 11.5 Å². The number of aromatic hydroxyl groups is 1. The van der Waals surface area contributed by atoms with Gasteiger partial charge in [0.1, 0.15) is 17.6 Å². The maximum atomic E-state index is 10.7. The van der Waals surface area contributed by atoms with Crippen molar-refractivity contribution in [2.45, 2.75) is 57.7 Å². The number of ether oxygens (including phenoxy) is 1. The van der Waals surface area contributed by atoms with Gasteiger partial charge in [-0.05, 0) is 58.7 Å². The monoisotopic (exact) mass is 460 g/mol. The molecule has 1 aliphatic rings. The molecular weight excluding hydrogens is 432 g/mol. The van der Waals surface area contributed by atoms with Crippen molar-refractivity contribution in [3.63, 3.8) is 0 Å². The third-order valence-corrected chi connectivity index (χ3v) is 6.16. The van der Waals surface area contributed by atoms with Crippen LogP contribution in [0.15, 0.2) is 36.7 Å². The fraction of sp³-hybridized carbons (Fsp3) is 0.417. The summed E-state index contributed by atoms with van der Waals surface area (Å²) in [5, 5.41) is 32.1. The maximum Gasteiger partial charge on any atom is 0.216 e. The average Bonchev–Trinajstić information content (AvgIpc) is 3.20. The van der Waals surface area contributed by atoms with Crippen LogP contribution in [0.2, 0.25) is 0 Å². The molecule has 1 saturated heterocycles. The Morgan fingerprint density at radius 1 is 0.971 bits per heavy atom. The zero-order chi connectivity index (χ0) is 24.1. The van der Waals surface area contributed by atoms with E-state index in [0.29, 0.717) is 34.0 Å². The smallest absolute Gasteiger partial charge is 0.216 e. The van der Waals surface area contributed by atoms with Crippen molar-refractivity contribution in [2.75, 3.05) is 7.11 Å². The van der Waals surface area contributed by atoms with Gasteiger partial charge in [-0.25, -0.2) is 14.6 Å². The molecule has 0 atom stereocenters. The molecular formula is C24H28N8O2. The van der Waals surface area contributed by atoms with Crippen molar-refractivity contribution in [3.05, 3.63) is 36.7 Å². The van der Waals surface area contributed by atoms with E-state index in [0.717, 1.165) is 18.4 Å². The van der Waals surface area contributed by atoms with Crippen LogP contribution in [-0.4, -0.2) is 58.5 Å². The standard InChI is InChI=1S/C24H28N8O2/c1-23(2)11-15(12-24(3,4)30-23)32-22-19(28-31-32)9-18(27-29-22)16-7-6-14(8-20(16)33)17-10-21(34-5)26-13-25-17/h6-10,13,15,30,33H,11-12H2,1-5H3. The molecule has 176 valence electrons. The first-order valence-corrected chi connectivity index (χ1v) is 11.2. The number of phenols is 1. The number of aromatic nitrogens is 7. The van der Waals surface area contributed by atoms with Gasteiger partial charge in [0.15, 0.2) is 0 Å². The molecule has 2 N–H and O–H groups in total. The first kappa shape index (κ1) is 22.1. The van der Waals surface area contributed by atoms with Crippen LogP contribution in [-0.2, 0) is 0 Å². The minimum absolute atomic E-state index is 0.0285. The van der Waals surface area contributed by atoms with E-state index in [-0.39, 0.29) is 22.9 Å². The molecule has 10 nitrogen and oxygen atoms in total. The highest BCUT2D eigenvalue weighted by molar-refractivity contribution is 5.79. The van der Waals surface area contributed by atoms with E-state index in [2.05, 4.69) is 63.5 Å². The normalized spacial score (nSPS) is 17.7. The van der Waals surface area contributed by atoms with Crippen LogP contribution in [0.1, 0.15) is 46.6 Å². The number of benzene rings is 1. The third kappa shape index (κ3) is 4.16. The fourth-order valence-corrected chi connectivity index (χ4v) is 5.09. The average molecular weight is 461 g/mol. The summed E-state index contributed by atoms with van der Waals surface area (Å²) in [6, 6.07) is 8.97. The number of methoxy groups -OCH3 is 1. The second kappa shape index (κ2) is 7.98. The van der Waals surface area contributed by atoms with Crippen molar-refractivity contribution >= 4 is 11.2 Å².